The molecule has 1 aromatic carbocycles. The lowest BCUT2D eigenvalue weighted by molar-refractivity contribution is -0.131. The summed E-state index contributed by atoms with van der Waals surface area (Å²) in [5.41, 5.74) is 2.66. The highest BCUT2D eigenvalue weighted by atomic mass is 32.2. The topological polar surface area (TPSA) is 54.5 Å². The van der Waals surface area contributed by atoms with E-state index in [-0.39, 0.29) is 24.1 Å². The number of benzene rings is 1. The molecule has 1 atom stereocenters. The maximum Gasteiger partial charge on any atom is 0.223 e. The molecule has 0 aromatic heterocycles. The third-order valence-corrected chi connectivity index (χ3v) is 4.89. The first-order valence-corrected chi connectivity index (χ1v) is 8.93. The summed E-state index contributed by atoms with van der Waals surface area (Å²) >= 11 is 0. The summed E-state index contributed by atoms with van der Waals surface area (Å²) in [7, 11) is -1.30. The summed E-state index contributed by atoms with van der Waals surface area (Å²) in [5.74, 6) is -0.153. The Labute approximate surface area is 120 Å². The van der Waals surface area contributed by atoms with Gasteiger partial charge in [-0.3, -0.25) is 4.79 Å². The van der Waals surface area contributed by atoms with E-state index in [2.05, 4.69) is 12.1 Å². The molecule has 0 bridgehead atoms. The standard InChI is InChI=1S/C15H21NO3S/c1-16(15(17)9-10-20(2,18)19)14-8-7-12-5-3-4-6-13(12)11-14/h3-6,14H,7-11H2,1-2H3/t14-/m0/s1. The minimum Gasteiger partial charge on any atom is -0.342 e. The molecule has 1 aliphatic carbocycles. The van der Waals surface area contributed by atoms with Crippen molar-refractivity contribution in [3.63, 3.8) is 0 Å². The number of amides is 1. The van der Waals surface area contributed by atoms with Gasteiger partial charge in [-0.05, 0) is 30.4 Å². The molecule has 0 fully saturated rings. The van der Waals surface area contributed by atoms with Gasteiger partial charge in [-0.25, -0.2) is 8.42 Å². The highest BCUT2D eigenvalue weighted by Gasteiger charge is 2.25. The molecule has 20 heavy (non-hydrogen) atoms. The average molecular weight is 295 g/mol. The zero-order valence-corrected chi connectivity index (χ0v) is 12.8. The smallest absolute Gasteiger partial charge is 0.223 e. The van der Waals surface area contributed by atoms with Crippen molar-refractivity contribution >= 4 is 15.7 Å². The fraction of sp³-hybridized carbons (Fsp3) is 0.533. The van der Waals surface area contributed by atoms with Gasteiger partial charge in [0.25, 0.3) is 0 Å². The Balaban J connectivity index is 1.97. The normalized spacial score (nSPS) is 18.4. The number of carbonyl (C=O) groups excluding carboxylic acids is 1. The highest BCUT2D eigenvalue weighted by Crippen LogP contribution is 2.24. The third kappa shape index (κ3) is 3.82. The number of sulfone groups is 1. The van der Waals surface area contributed by atoms with E-state index in [1.165, 1.54) is 11.1 Å². The molecule has 0 heterocycles. The van der Waals surface area contributed by atoms with Crippen LogP contribution < -0.4 is 0 Å². The molecule has 0 saturated heterocycles. The Morgan fingerprint density at radius 2 is 1.95 bits per heavy atom. The van der Waals surface area contributed by atoms with Crippen molar-refractivity contribution in [3.8, 4) is 0 Å². The predicted molar refractivity (Wildman–Crippen MR) is 79.4 cm³/mol. The third-order valence-electron chi connectivity index (χ3n) is 3.95. The zero-order chi connectivity index (χ0) is 14.8. The lowest BCUT2D eigenvalue weighted by Crippen LogP contribution is -2.41. The van der Waals surface area contributed by atoms with Gasteiger partial charge in [0.15, 0.2) is 0 Å². The Morgan fingerprint density at radius 1 is 1.30 bits per heavy atom. The highest BCUT2D eigenvalue weighted by molar-refractivity contribution is 7.90. The molecule has 0 radical (unpaired) electrons. The van der Waals surface area contributed by atoms with Crippen LogP contribution in [0.25, 0.3) is 0 Å². The first-order chi connectivity index (χ1) is 9.37. The minimum atomic E-state index is -3.08. The van der Waals surface area contributed by atoms with E-state index >= 15 is 0 Å². The van der Waals surface area contributed by atoms with Gasteiger partial charge in [-0.1, -0.05) is 24.3 Å². The van der Waals surface area contributed by atoms with Crippen LogP contribution >= 0.6 is 0 Å². The van der Waals surface area contributed by atoms with Gasteiger partial charge in [0.1, 0.15) is 9.84 Å². The summed E-state index contributed by atoms with van der Waals surface area (Å²) in [4.78, 5) is 13.8. The van der Waals surface area contributed by atoms with Crippen LogP contribution in [0.1, 0.15) is 24.0 Å². The number of nitrogens with zero attached hydrogens (tertiary/aromatic N) is 1. The molecular formula is C15H21NO3S. The first-order valence-electron chi connectivity index (χ1n) is 6.87. The van der Waals surface area contributed by atoms with Crippen LogP contribution in [0.3, 0.4) is 0 Å². The van der Waals surface area contributed by atoms with Gasteiger partial charge in [0, 0.05) is 25.8 Å². The van der Waals surface area contributed by atoms with Crippen molar-refractivity contribution < 1.29 is 13.2 Å². The van der Waals surface area contributed by atoms with Crippen molar-refractivity contribution in [3.05, 3.63) is 35.4 Å². The molecule has 0 unspecified atom stereocenters. The molecular weight excluding hydrogens is 274 g/mol. The van der Waals surface area contributed by atoms with Gasteiger partial charge in [0.05, 0.1) is 5.75 Å². The number of hydrogen-bond donors (Lipinski definition) is 0. The number of likely N-dealkylation sites (N-methyl/N-ethyl adjacent to an activating group) is 1. The van der Waals surface area contributed by atoms with Crippen LogP contribution in [0, 0.1) is 0 Å². The maximum atomic E-state index is 12.1. The average Bonchev–Trinajstić information content (AvgIpc) is 2.42. The van der Waals surface area contributed by atoms with Crippen molar-refractivity contribution in [2.45, 2.75) is 31.7 Å². The molecule has 4 nitrogen and oxygen atoms in total. The molecule has 110 valence electrons. The van der Waals surface area contributed by atoms with Crippen molar-refractivity contribution in [2.75, 3.05) is 19.1 Å². The van der Waals surface area contributed by atoms with Crippen molar-refractivity contribution in [2.24, 2.45) is 0 Å². The van der Waals surface area contributed by atoms with E-state index in [0.717, 1.165) is 25.5 Å². The number of aryl methyl sites for hydroxylation is 1. The molecule has 5 heteroatoms. The maximum absolute atomic E-state index is 12.1. The number of hydrogen-bond acceptors (Lipinski definition) is 3. The fourth-order valence-corrected chi connectivity index (χ4v) is 3.21. The van der Waals surface area contributed by atoms with Crippen molar-refractivity contribution in [1.82, 2.24) is 4.90 Å². The summed E-state index contributed by atoms with van der Waals surface area (Å²) in [6, 6.07) is 8.48. The van der Waals surface area contributed by atoms with E-state index in [9.17, 15) is 13.2 Å². The van der Waals surface area contributed by atoms with Gasteiger partial charge in [-0.15, -0.1) is 0 Å². The largest absolute Gasteiger partial charge is 0.342 e. The van der Waals surface area contributed by atoms with Crippen LogP contribution in [0.4, 0.5) is 0 Å². The Kier molecular flexibility index (Phi) is 4.48. The predicted octanol–water partition coefficient (Wildman–Crippen LogP) is 1.44. The van der Waals surface area contributed by atoms with Gasteiger partial charge >= 0.3 is 0 Å². The van der Waals surface area contributed by atoms with Gasteiger partial charge in [0.2, 0.25) is 5.91 Å². The minimum absolute atomic E-state index is 0.0700. The molecule has 1 aliphatic rings. The van der Waals surface area contributed by atoms with Crippen molar-refractivity contribution in [1.29, 1.82) is 0 Å². The van der Waals surface area contributed by atoms with E-state index in [1.54, 1.807) is 11.9 Å². The molecule has 0 saturated carbocycles. The molecule has 0 aliphatic heterocycles. The second-order valence-corrected chi connectivity index (χ2v) is 7.81. The fourth-order valence-electron chi connectivity index (χ4n) is 2.66. The van der Waals surface area contributed by atoms with Crippen LogP contribution in [0.15, 0.2) is 24.3 Å². The first kappa shape index (κ1) is 15.0. The Bertz CT molecular complexity index is 595. The SMILES string of the molecule is CN(C(=O)CCS(C)(=O)=O)[C@H]1CCc2ccccc2C1. The monoisotopic (exact) mass is 295 g/mol. The summed E-state index contributed by atoms with van der Waals surface area (Å²) < 4.78 is 22.3. The van der Waals surface area contributed by atoms with Crippen LogP contribution in [-0.4, -0.2) is 44.3 Å². The molecule has 2 rings (SSSR count). The number of fused-ring (bicyclic) bond motifs is 1. The van der Waals surface area contributed by atoms with Crippen LogP contribution in [0.5, 0.6) is 0 Å². The van der Waals surface area contributed by atoms with E-state index in [4.69, 9.17) is 0 Å². The van der Waals surface area contributed by atoms with Crippen LogP contribution in [0.2, 0.25) is 0 Å². The summed E-state index contributed by atoms with van der Waals surface area (Å²) in [6.07, 6.45) is 4.02. The van der Waals surface area contributed by atoms with Gasteiger partial charge < -0.3 is 4.90 Å². The quantitative estimate of drug-likeness (QED) is 0.844. The lowest BCUT2D eigenvalue weighted by Gasteiger charge is -2.32. The number of rotatable bonds is 4. The lowest BCUT2D eigenvalue weighted by atomic mass is 9.87. The Hall–Kier alpha value is -1.36. The van der Waals surface area contributed by atoms with Gasteiger partial charge in [-0.2, -0.15) is 0 Å². The van der Waals surface area contributed by atoms with Crippen LogP contribution in [-0.2, 0) is 27.5 Å². The molecule has 0 spiro atoms. The molecule has 1 aromatic rings. The second kappa shape index (κ2) is 5.95. The summed E-state index contributed by atoms with van der Waals surface area (Å²) in [5, 5.41) is 0. The zero-order valence-electron chi connectivity index (χ0n) is 12.0. The second-order valence-electron chi connectivity index (χ2n) is 5.55. The summed E-state index contributed by atoms with van der Waals surface area (Å²) in [6.45, 7) is 0. The number of carbonyl (C=O) groups is 1. The Morgan fingerprint density at radius 3 is 2.60 bits per heavy atom. The molecule has 1 amide bonds. The van der Waals surface area contributed by atoms with E-state index < -0.39 is 9.84 Å². The van der Waals surface area contributed by atoms with E-state index in [1.807, 2.05) is 12.1 Å². The molecule has 0 N–H and O–H groups in total. The van der Waals surface area contributed by atoms with E-state index in [0.29, 0.717) is 0 Å².